The number of carbonyl (C=O) groups is 2. The summed E-state index contributed by atoms with van der Waals surface area (Å²) in [5.74, 6) is 1.25. The smallest absolute Gasteiger partial charge is 0.227 e. The summed E-state index contributed by atoms with van der Waals surface area (Å²) < 4.78 is 0. The molecule has 0 aromatic heterocycles. The van der Waals surface area contributed by atoms with E-state index in [1.807, 2.05) is 43.0 Å². The third kappa shape index (κ3) is 6.97. The second-order valence-corrected chi connectivity index (χ2v) is 8.54. The maximum atomic E-state index is 12.5. The van der Waals surface area contributed by atoms with Gasteiger partial charge in [0.15, 0.2) is 5.96 Å². The lowest BCUT2D eigenvalue weighted by atomic mass is 9.88. The van der Waals surface area contributed by atoms with Crippen molar-refractivity contribution in [1.29, 1.82) is 0 Å². The number of anilines is 1. The van der Waals surface area contributed by atoms with Gasteiger partial charge in [0, 0.05) is 43.7 Å². The molecular weight excluding hydrogens is 390 g/mol. The fraction of sp³-hybridized carbons (Fsp3) is 0.625. The van der Waals surface area contributed by atoms with E-state index in [1.54, 1.807) is 0 Å². The van der Waals surface area contributed by atoms with Crippen molar-refractivity contribution in [1.82, 2.24) is 15.5 Å². The molecule has 0 spiro atoms. The van der Waals surface area contributed by atoms with Crippen molar-refractivity contribution >= 4 is 23.5 Å². The number of nitrogens with zero attached hydrogens (tertiary/aromatic N) is 2. The van der Waals surface area contributed by atoms with E-state index in [0.29, 0.717) is 13.0 Å². The molecule has 0 bridgehead atoms. The van der Waals surface area contributed by atoms with Gasteiger partial charge in [0.2, 0.25) is 11.8 Å². The molecule has 1 aromatic rings. The average Bonchev–Trinajstić information content (AvgIpc) is 3.26. The van der Waals surface area contributed by atoms with Gasteiger partial charge in [-0.2, -0.15) is 0 Å². The molecule has 3 N–H and O–H groups in total. The SMILES string of the molecule is CCNC(=NCc1cccc(NC(=O)C2CCCCC2)c1)NC1CCN(C(=O)CC)C1. The van der Waals surface area contributed by atoms with Gasteiger partial charge in [-0.3, -0.25) is 9.59 Å². The van der Waals surface area contributed by atoms with Crippen LogP contribution in [-0.2, 0) is 16.1 Å². The van der Waals surface area contributed by atoms with E-state index in [0.717, 1.165) is 68.9 Å². The molecule has 1 aromatic carbocycles. The average molecular weight is 428 g/mol. The lowest BCUT2D eigenvalue weighted by molar-refractivity contribution is -0.129. The van der Waals surface area contributed by atoms with Crippen LogP contribution >= 0.6 is 0 Å². The predicted molar refractivity (Wildman–Crippen MR) is 125 cm³/mol. The highest BCUT2D eigenvalue weighted by molar-refractivity contribution is 5.92. The number of amides is 2. The normalized spacial score (nSPS) is 19.9. The summed E-state index contributed by atoms with van der Waals surface area (Å²) in [6, 6.07) is 8.16. The van der Waals surface area contributed by atoms with Crippen molar-refractivity contribution < 1.29 is 9.59 Å². The second kappa shape index (κ2) is 11.7. The van der Waals surface area contributed by atoms with Gasteiger partial charge in [-0.25, -0.2) is 4.99 Å². The molecule has 2 aliphatic rings. The van der Waals surface area contributed by atoms with Crippen molar-refractivity contribution in [3.05, 3.63) is 29.8 Å². The minimum atomic E-state index is 0.141. The van der Waals surface area contributed by atoms with Gasteiger partial charge in [-0.1, -0.05) is 38.3 Å². The summed E-state index contributed by atoms with van der Waals surface area (Å²) in [5, 5.41) is 9.84. The largest absolute Gasteiger partial charge is 0.357 e. The van der Waals surface area contributed by atoms with Crippen molar-refractivity contribution in [3.8, 4) is 0 Å². The molecule has 1 aliphatic heterocycles. The van der Waals surface area contributed by atoms with Crippen LogP contribution in [0.2, 0.25) is 0 Å². The van der Waals surface area contributed by atoms with E-state index in [9.17, 15) is 9.59 Å². The van der Waals surface area contributed by atoms with E-state index in [1.165, 1.54) is 6.42 Å². The molecule has 1 saturated carbocycles. The lowest BCUT2D eigenvalue weighted by Crippen LogP contribution is -2.45. The monoisotopic (exact) mass is 427 g/mol. The van der Waals surface area contributed by atoms with Gasteiger partial charge in [0.05, 0.1) is 6.54 Å². The summed E-state index contributed by atoms with van der Waals surface area (Å²) >= 11 is 0. The Morgan fingerprint density at radius 3 is 2.68 bits per heavy atom. The zero-order valence-corrected chi connectivity index (χ0v) is 19.0. The number of benzene rings is 1. The molecule has 31 heavy (non-hydrogen) atoms. The molecule has 1 unspecified atom stereocenters. The Morgan fingerprint density at radius 2 is 1.94 bits per heavy atom. The standard InChI is InChI=1S/C24H37N5O2/c1-3-22(30)29-14-13-21(17-29)28-24(25-4-2)26-16-18-9-8-12-20(15-18)27-23(31)19-10-6-5-7-11-19/h8-9,12,15,19,21H,3-7,10-11,13-14,16-17H2,1-2H3,(H,27,31)(H2,25,26,28). The van der Waals surface area contributed by atoms with Crippen LogP contribution in [-0.4, -0.2) is 48.3 Å². The molecule has 170 valence electrons. The number of guanidine groups is 1. The Kier molecular flexibility index (Phi) is 8.74. The molecule has 3 rings (SSSR count). The van der Waals surface area contributed by atoms with E-state index < -0.39 is 0 Å². The number of aliphatic imine (C=N–C) groups is 1. The van der Waals surface area contributed by atoms with E-state index in [2.05, 4.69) is 16.0 Å². The number of likely N-dealkylation sites (tertiary alicyclic amines) is 1. The van der Waals surface area contributed by atoms with Gasteiger partial charge in [0.1, 0.15) is 0 Å². The van der Waals surface area contributed by atoms with Crippen molar-refractivity contribution in [2.24, 2.45) is 10.9 Å². The molecule has 7 heteroatoms. The zero-order valence-electron chi connectivity index (χ0n) is 19.0. The summed E-state index contributed by atoms with van der Waals surface area (Å²) in [4.78, 5) is 31.1. The zero-order chi connectivity index (χ0) is 22.1. The molecule has 1 aliphatic carbocycles. The first-order valence-electron chi connectivity index (χ1n) is 11.8. The van der Waals surface area contributed by atoms with Gasteiger partial charge in [-0.05, 0) is 43.9 Å². The Morgan fingerprint density at radius 1 is 1.13 bits per heavy atom. The van der Waals surface area contributed by atoms with Crippen LogP contribution < -0.4 is 16.0 Å². The lowest BCUT2D eigenvalue weighted by Gasteiger charge is -2.21. The fourth-order valence-electron chi connectivity index (χ4n) is 4.37. The number of hydrogen-bond donors (Lipinski definition) is 3. The highest BCUT2D eigenvalue weighted by atomic mass is 16.2. The van der Waals surface area contributed by atoms with Crippen LogP contribution in [0.1, 0.15) is 64.4 Å². The number of hydrogen-bond acceptors (Lipinski definition) is 3. The van der Waals surface area contributed by atoms with Crippen LogP contribution in [0.25, 0.3) is 0 Å². The molecule has 1 saturated heterocycles. The van der Waals surface area contributed by atoms with Crippen LogP contribution in [0, 0.1) is 5.92 Å². The Labute approximate surface area is 186 Å². The van der Waals surface area contributed by atoms with Crippen LogP contribution in [0.4, 0.5) is 5.69 Å². The molecule has 1 atom stereocenters. The van der Waals surface area contributed by atoms with Gasteiger partial charge in [0.25, 0.3) is 0 Å². The summed E-state index contributed by atoms with van der Waals surface area (Å²) in [6.07, 6.45) is 7.02. The highest BCUT2D eigenvalue weighted by Gasteiger charge is 2.25. The van der Waals surface area contributed by atoms with E-state index >= 15 is 0 Å². The van der Waals surface area contributed by atoms with Gasteiger partial charge >= 0.3 is 0 Å². The van der Waals surface area contributed by atoms with Gasteiger partial charge in [-0.15, -0.1) is 0 Å². The van der Waals surface area contributed by atoms with Crippen LogP contribution in [0.5, 0.6) is 0 Å². The Hall–Kier alpha value is -2.57. The summed E-state index contributed by atoms with van der Waals surface area (Å²) in [6.45, 7) is 6.76. The molecule has 7 nitrogen and oxygen atoms in total. The molecule has 2 fully saturated rings. The number of carbonyl (C=O) groups excluding carboxylic acids is 2. The van der Waals surface area contributed by atoms with Crippen molar-refractivity contribution in [2.45, 2.75) is 71.4 Å². The maximum Gasteiger partial charge on any atom is 0.227 e. The molecule has 0 radical (unpaired) electrons. The van der Waals surface area contributed by atoms with Gasteiger partial charge < -0.3 is 20.9 Å². The summed E-state index contributed by atoms with van der Waals surface area (Å²) in [5.41, 5.74) is 1.89. The van der Waals surface area contributed by atoms with Crippen LogP contribution in [0.15, 0.2) is 29.3 Å². The third-order valence-electron chi connectivity index (χ3n) is 6.12. The van der Waals surface area contributed by atoms with Crippen molar-refractivity contribution in [2.75, 3.05) is 25.0 Å². The number of rotatable bonds is 7. The predicted octanol–water partition coefficient (Wildman–Crippen LogP) is 3.27. The first kappa shape index (κ1) is 23.1. The second-order valence-electron chi connectivity index (χ2n) is 8.54. The minimum Gasteiger partial charge on any atom is -0.357 e. The molecular formula is C24H37N5O2. The fourth-order valence-corrected chi connectivity index (χ4v) is 4.37. The minimum absolute atomic E-state index is 0.141. The topological polar surface area (TPSA) is 85.8 Å². The molecule has 1 heterocycles. The maximum absolute atomic E-state index is 12.5. The third-order valence-corrected chi connectivity index (χ3v) is 6.12. The highest BCUT2D eigenvalue weighted by Crippen LogP contribution is 2.25. The quantitative estimate of drug-likeness (QED) is 0.460. The number of nitrogens with one attached hydrogen (secondary N) is 3. The van der Waals surface area contributed by atoms with E-state index in [-0.39, 0.29) is 23.8 Å². The van der Waals surface area contributed by atoms with Crippen molar-refractivity contribution in [3.63, 3.8) is 0 Å². The van der Waals surface area contributed by atoms with Crippen LogP contribution in [0.3, 0.4) is 0 Å². The summed E-state index contributed by atoms with van der Waals surface area (Å²) in [7, 11) is 0. The first-order valence-corrected chi connectivity index (χ1v) is 11.8. The molecule has 2 amide bonds. The first-order chi connectivity index (χ1) is 15.1. The Balaban J connectivity index is 1.56. The van der Waals surface area contributed by atoms with E-state index in [4.69, 9.17) is 4.99 Å². The Bertz CT molecular complexity index is 773.